The van der Waals surface area contributed by atoms with Gasteiger partial charge in [0.25, 0.3) is 0 Å². The number of rotatable bonds is 4. The third-order valence-corrected chi connectivity index (χ3v) is 4.79. The van der Waals surface area contributed by atoms with Crippen molar-refractivity contribution in [1.82, 2.24) is 9.55 Å². The van der Waals surface area contributed by atoms with E-state index in [0.29, 0.717) is 5.82 Å². The summed E-state index contributed by atoms with van der Waals surface area (Å²) >= 11 is 0. The number of hydrogen-bond donors (Lipinski definition) is 1. The van der Waals surface area contributed by atoms with Gasteiger partial charge in [0.2, 0.25) is 0 Å². The number of benzene rings is 3. The Labute approximate surface area is 152 Å². The standard InChI is InChI=1S/C22H20N2O2/c1-24-20-14-13-18(26-2)15-19(20)23-21(24)22(25,16-9-5-3-6-10-16)17-11-7-4-8-12-17/h3-15,25H,1-2H3. The SMILES string of the molecule is COc1ccc2c(c1)nc(C(O)(c1ccccc1)c1ccccc1)n2C. The molecule has 0 fully saturated rings. The number of aryl methyl sites for hydroxylation is 1. The highest BCUT2D eigenvalue weighted by molar-refractivity contribution is 5.78. The maximum absolute atomic E-state index is 11.9. The minimum absolute atomic E-state index is 0.568. The van der Waals surface area contributed by atoms with E-state index in [1.807, 2.05) is 90.5 Å². The Morgan fingerprint density at radius 1 is 0.885 bits per heavy atom. The first-order chi connectivity index (χ1) is 12.6. The maximum Gasteiger partial charge on any atom is 0.173 e. The smallest absolute Gasteiger partial charge is 0.173 e. The molecule has 0 aliphatic carbocycles. The van der Waals surface area contributed by atoms with Gasteiger partial charge in [-0.2, -0.15) is 0 Å². The molecule has 0 spiro atoms. The van der Waals surface area contributed by atoms with Crippen molar-refractivity contribution in [1.29, 1.82) is 0 Å². The van der Waals surface area contributed by atoms with Crippen molar-refractivity contribution < 1.29 is 9.84 Å². The number of imidazole rings is 1. The predicted octanol–water partition coefficient (Wildman–Crippen LogP) is 3.87. The third kappa shape index (κ3) is 2.47. The van der Waals surface area contributed by atoms with Gasteiger partial charge in [-0.15, -0.1) is 0 Å². The highest BCUT2D eigenvalue weighted by atomic mass is 16.5. The molecule has 0 saturated carbocycles. The van der Waals surface area contributed by atoms with Crippen LogP contribution in [0, 0.1) is 0 Å². The van der Waals surface area contributed by atoms with Crippen LogP contribution < -0.4 is 4.74 Å². The average Bonchev–Trinajstić information content (AvgIpc) is 3.05. The molecule has 0 bridgehead atoms. The van der Waals surface area contributed by atoms with E-state index in [0.717, 1.165) is 27.9 Å². The summed E-state index contributed by atoms with van der Waals surface area (Å²) in [6.07, 6.45) is 0. The quantitative estimate of drug-likeness (QED) is 0.611. The van der Waals surface area contributed by atoms with Crippen LogP contribution in [-0.2, 0) is 12.6 Å². The number of aliphatic hydroxyl groups is 1. The first kappa shape index (κ1) is 16.4. The molecule has 0 atom stereocenters. The third-order valence-electron chi connectivity index (χ3n) is 4.79. The van der Waals surface area contributed by atoms with Crippen LogP contribution in [0.1, 0.15) is 17.0 Å². The molecule has 0 aliphatic rings. The van der Waals surface area contributed by atoms with Gasteiger partial charge in [-0.1, -0.05) is 60.7 Å². The molecule has 4 aromatic rings. The second kappa shape index (κ2) is 6.32. The zero-order valence-corrected chi connectivity index (χ0v) is 14.8. The van der Waals surface area contributed by atoms with Crippen LogP contribution in [0.2, 0.25) is 0 Å². The number of fused-ring (bicyclic) bond motifs is 1. The van der Waals surface area contributed by atoms with E-state index in [2.05, 4.69) is 0 Å². The van der Waals surface area contributed by atoms with Gasteiger partial charge < -0.3 is 14.4 Å². The summed E-state index contributed by atoms with van der Waals surface area (Å²) in [6.45, 7) is 0. The van der Waals surface area contributed by atoms with Crippen LogP contribution in [0.5, 0.6) is 5.75 Å². The summed E-state index contributed by atoms with van der Waals surface area (Å²) in [5, 5.41) is 11.9. The average molecular weight is 344 g/mol. The molecule has 0 aliphatic heterocycles. The highest BCUT2D eigenvalue weighted by Crippen LogP contribution is 2.37. The second-order valence-electron chi connectivity index (χ2n) is 6.29. The van der Waals surface area contributed by atoms with Crippen molar-refractivity contribution in [3.8, 4) is 5.75 Å². The maximum atomic E-state index is 11.9. The molecule has 1 heterocycles. The van der Waals surface area contributed by atoms with Crippen LogP contribution in [0.25, 0.3) is 11.0 Å². The van der Waals surface area contributed by atoms with Crippen LogP contribution >= 0.6 is 0 Å². The lowest BCUT2D eigenvalue weighted by Crippen LogP contribution is -2.32. The summed E-state index contributed by atoms with van der Waals surface area (Å²) in [5.41, 5.74) is 1.91. The Balaban J connectivity index is 2.01. The van der Waals surface area contributed by atoms with E-state index in [4.69, 9.17) is 9.72 Å². The molecule has 4 rings (SSSR count). The summed E-state index contributed by atoms with van der Waals surface area (Å²) < 4.78 is 7.25. The molecule has 0 unspecified atom stereocenters. The largest absolute Gasteiger partial charge is 0.497 e. The van der Waals surface area contributed by atoms with Gasteiger partial charge in [-0.25, -0.2) is 4.98 Å². The van der Waals surface area contributed by atoms with Crippen molar-refractivity contribution in [3.05, 3.63) is 95.8 Å². The second-order valence-corrected chi connectivity index (χ2v) is 6.29. The molecule has 0 saturated heterocycles. The monoisotopic (exact) mass is 344 g/mol. The number of nitrogens with zero attached hydrogens (tertiary/aromatic N) is 2. The lowest BCUT2D eigenvalue weighted by molar-refractivity contribution is 0.113. The summed E-state index contributed by atoms with van der Waals surface area (Å²) in [5.74, 6) is 1.31. The molecular weight excluding hydrogens is 324 g/mol. The van der Waals surface area contributed by atoms with Crippen molar-refractivity contribution >= 4 is 11.0 Å². The Morgan fingerprint density at radius 2 is 1.46 bits per heavy atom. The zero-order valence-electron chi connectivity index (χ0n) is 14.8. The van der Waals surface area contributed by atoms with Crippen LogP contribution in [0.3, 0.4) is 0 Å². The fraction of sp³-hybridized carbons (Fsp3) is 0.136. The van der Waals surface area contributed by atoms with Gasteiger partial charge in [0.15, 0.2) is 11.4 Å². The molecule has 26 heavy (non-hydrogen) atoms. The Morgan fingerprint density at radius 3 is 2.00 bits per heavy atom. The lowest BCUT2D eigenvalue weighted by Gasteiger charge is -2.29. The van der Waals surface area contributed by atoms with Gasteiger partial charge in [-0.3, -0.25) is 0 Å². The van der Waals surface area contributed by atoms with Crippen LogP contribution in [-0.4, -0.2) is 21.8 Å². The fourth-order valence-corrected chi connectivity index (χ4v) is 3.41. The number of ether oxygens (including phenoxy) is 1. The minimum Gasteiger partial charge on any atom is -0.497 e. The first-order valence-electron chi connectivity index (χ1n) is 8.49. The van der Waals surface area contributed by atoms with Crippen molar-refractivity contribution in [2.24, 2.45) is 7.05 Å². The van der Waals surface area contributed by atoms with Gasteiger partial charge in [0.05, 0.1) is 18.1 Å². The van der Waals surface area contributed by atoms with E-state index < -0.39 is 5.60 Å². The molecule has 4 heteroatoms. The Bertz CT molecular complexity index is 1000. The molecule has 130 valence electrons. The fourth-order valence-electron chi connectivity index (χ4n) is 3.41. The van der Waals surface area contributed by atoms with Crippen molar-refractivity contribution in [2.75, 3.05) is 7.11 Å². The Hall–Kier alpha value is -3.11. The molecular formula is C22H20N2O2. The summed E-state index contributed by atoms with van der Waals surface area (Å²) in [7, 11) is 3.56. The van der Waals surface area contributed by atoms with E-state index in [-0.39, 0.29) is 0 Å². The molecule has 1 aromatic heterocycles. The van der Waals surface area contributed by atoms with Gasteiger partial charge in [0, 0.05) is 13.1 Å². The predicted molar refractivity (Wildman–Crippen MR) is 102 cm³/mol. The number of aromatic nitrogens is 2. The molecule has 0 radical (unpaired) electrons. The van der Waals surface area contributed by atoms with Gasteiger partial charge in [-0.05, 0) is 23.3 Å². The van der Waals surface area contributed by atoms with E-state index >= 15 is 0 Å². The Kier molecular flexibility index (Phi) is 3.98. The van der Waals surface area contributed by atoms with E-state index in [9.17, 15) is 5.11 Å². The van der Waals surface area contributed by atoms with Crippen LogP contribution in [0.4, 0.5) is 0 Å². The van der Waals surface area contributed by atoms with Crippen LogP contribution in [0.15, 0.2) is 78.9 Å². The zero-order chi connectivity index (χ0) is 18.1. The van der Waals surface area contributed by atoms with Crippen molar-refractivity contribution in [2.45, 2.75) is 5.60 Å². The molecule has 0 amide bonds. The normalized spacial score (nSPS) is 11.7. The lowest BCUT2D eigenvalue weighted by atomic mass is 9.85. The van der Waals surface area contributed by atoms with Gasteiger partial charge in [0.1, 0.15) is 5.75 Å². The molecule has 3 aromatic carbocycles. The molecule has 4 nitrogen and oxygen atoms in total. The van der Waals surface area contributed by atoms with Crippen molar-refractivity contribution in [3.63, 3.8) is 0 Å². The van der Waals surface area contributed by atoms with E-state index in [1.165, 1.54) is 0 Å². The minimum atomic E-state index is -1.36. The van der Waals surface area contributed by atoms with E-state index in [1.54, 1.807) is 7.11 Å². The number of hydrogen-bond acceptors (Lipinski definition) is 3. The topological polar surface area (TPSA) is 47.3 Å². The highest BCUT2D eigenvalue weighted by Gasteiger charge is 2.38. The summed E-state index contributed by atoms with van der Waals surface area (Å²) in [6, 6.07) is 25.0. The summed E-state index contributed by atoms with van der Waals surface area (Å²) in [4.78, 5) is 4.78. The molecule has 1 N–H and O–H groups in total. The van der Waals surface area contributed by atoms with Gasteiger partial charge >= 0.3 is 0 Å². The number of methoxy groups -OCH3 is 1. The first-order valence-corrected chi connectivity index (χ1v) is 8.49.